The number of hydrogen-bond donors (Lipinski definition) is 1. The second-order valence-electron chi connectivity index (χ2n) is 1.92. The molecule has 1 aromatic carbocycles. The molecule has 0 saturated carbocycles. The third-order valence-electron chi connectivity index (χ3n) is 1.19. The number of benzene rings is 1. The van der Waals surface area contributed by atoms with Gasteiger partial charge in [0.2, 0.25) is 0 Å². The highest BCUT2D eigenvalue weighted by Crippen LogP contribution is 2.45. The standard InChI is InChI=1S/C6HCl4IO/c7-1-2(8)5(11)4(10)6(12)3(1)9/h12H. The summed E-state index contributed by atoms with van der Waals surface area (Å²) in [6.07, 6.45) is 0. The lowest BCUT2D eigenvalue weighted by atomic mass is 10.3. The van der Waals surface area contributed by atoms with E-state index in [2.05, 4.69) is 0 Å². The molecule has 6 heteroatoms. The maximum absolute atomic E-state index is 9.28. The minimum absolute atomic E-state index is 0.0212. The maximum atomic E-state index is 9.28. The van der Waals surface area contributed by atoms with E-state index in [0.29, 0.717) is 3.57 Å². The molecule has 0 aromatic heterocycles. The van der Waals surface area contributed by atoms with Gasteiger partial charge >= 0.3 is 0 Å². The fourth-order valence-corrected chi connectivity index (χ4v) is 2.17. The first-order valence-electron chi connectivity index (χ1n) is 2.67. The molecular weight excluding hydrogens is 357 g/mol. The molecule has 1 rings (SSSR count). The van der Waals surface area contributed by atoms with Crippen LogP contribution >= 0.6 is 69.0 Å². The lowest BCUT2D eigenvalue weighted by Crippen LogP contribution is -1.82. The average molecular weight is 358 g/mol. The Morgan fingerprint density at radius 1 is 0.833 bits per heavy atom. The Morgan fingerprint density at radius 3 is 1.83 bits per heavy atom. The van der Waals surface area contributed by atoms with Crippen LogP contribution in [0.15, 0.2) is 0 Å². The summed E-state index contributed by atoms with van der Waals surface area (Å²) < 4.78 is 0.489. The first-order chi connectivity index (χ1) is 5.46. The highest BCUT2D eigenvalue weighted by molar-refractivity contribution is 14.1. The van der Waals surface area contributed by atoms with Crippen molar-refractivity contribution in [1.29, 1.82) is 0 Å². The molecule has 0 fully saturated rings. The van der Waals surface area contributed by atoms with Gasteiger partial charge in [0.05, 0.1) is 18.6 Å². The molecule has 12 heavy (non-hydrogen) atoms. The second-order valence-corrected chi connectivity index (χ2v) is 4.51. The Morgan fingerprint density at radius 2 is 1.33 bits per heavy atom. The van der Waals surface area contributed by atoms with Gasteiger partial charge in [-0.15, -0.1) is 0 Å². The Labute approximate surface area is 103 Å². The van der Waals surface area contributed by atoms with Crippen LogP contribution in [-0.4, -0.2) is 5.11 Å². The van der Waals surface area contributed by atoms with E-state index < -0.39 is 0 Å². The monoisotopic (exact) mass is 356 g/mol. The molecule has 66 valence electrons. The quantitative estimate of drug-likeness (QED) is 0.408. The van der Waals surface area contributed by atoms with Crippen LogP contribution in [0.2, 0.25) is 20.1 Å². The molecule has 0 aliphatic carbocycles. The van der Waals surface area contributed by atoms with Crippen LogP contribution in [-0.2, 0) is 0 Å². The summed E-state index contributed by atoms with van der Waals surface area (Å²) in [5.74, 6) is -0.239. The fourth-order valence-electron chi connectivity index (χ4n) is 0.593. The predicted octanol–water partition coefficient (Wildman–Crippen LogP) is 4.61. The van der Waals surface area contributed by atoms with Crippen LogP contribution < -0.4 is 0 Å². The van der Waals surface area contributed by atoms with E-state index in [0.717, 1.165) is 0 Å². The molecular formula is C6HCl4IO. The molecule has 1 nitrogen and oxygen atoms in total. The van der Waals surface area contributed by atoms with E-state index >= 15 is 0 Å². The lowest BCUT2D eigenvalue weighted by Gasteiger charge is -2.06. The number of hydrogen-bond acceptors (Lipinski definition) is 1. The van der Waals surface area contributed by atoms with Crippen LogP contribution in [0.1, 0.15) is 0 Å². The molecule has 0 aliphatic heterocycles. The summed E-state index contributed by atoms with van der Waals surface area (Å²) in [4.78, 5) is 0. The summed E-state index contributed by atoms with van der Waals surface area (Å²) in [6, 6.07) is 0. The van der Waals surface area contributed by atoms with E-state index in [1.807, 2.05) is 22.6 Å². The van der Waals surface area contributed by atoms with Crippen molar-refractivity contribution in [2.45, 2.75) is 0 Å². The average Bonchev–Trinajstić information content (AvgIpc) is 2.08. The number of phenolic OH excluding ortho intramolecular Hbond substituents is 1. The number of phenols is 1. The Hall–Kier alpha value is 0.910. The zero-order valence-corrected chi connectivity index (χ0v) is 10.5. The number of halogens is 5. The van der Waals surface area contributed by atoms with Gasteiger partial charge < -0.3 is 5.11 Å². The van der Waals surface area contributed by atoms with Crippen molar-refractivity contribution < 1.29 is 5.11 Å². The van der Waals surface area contributed by atoms with Crippen molar-refractivity contribution in [3.63, 3.8) is 0 Å². The van der Waals surface area contributed by atoms with Crippen LogP contribution in [0.5, 0.6) is 5.75 Å². The molecule has 0 heterocycles. The molecule has 0 atom stereocenters. The van der Waals surface area contributed by atoms with E-state index in [4.69, 9.17) is 46.4 Å². The van der Waals surface area contributed by atoms with Gasteiger partial charge in [0, 0.05) is 0 Å². The number of aromatic hydroxyl groups is 1. The Bertz CT molecular complexity index is 234. The smallest absolute Gasteiger partial charge is 0.155 e. The number of rotatable bonds is 0. The van der Waals surface area contributed by atoms with E-state index in [-0.39, 0.29) is 25.8 Å². The topological polar surface area (TPSA) is 20.2 Å². The largest absolute Gasteiger partial charge is 0.505 e. The summed E-state index contributed by atoms with van der Waals surface area (Å²) in [7, 11) is 0. The van der Waals surface area contributed by atoms with Crippen LogP contribution in [0.3, 0.4) is 0 Å². The second kappa shape index (κ2) is 3.96. The zero-order valence-electron chi connectivity index (χ0n) is 5.34. The molecule has 1 N–H and O–H groups in total. The van der Waals surface area contributed by atoms with Gasteiger partial charge in [-0.2, -0.15) is 0 Å². The SMILES string of the molecule is Oc1c(Cl)c(Cl)c(Cl)c(I)c1Cl. The zero-order chi connectivity index (χ0) is 9.46. The Balaban J connectivity index is 3.60. The molecule has 1 aromatic rings. The molecule has 0 aliphatic rings. The van der Waals surface area contributed by atoms with Gasteiger partial charge in [0.1, 0.15) is 5.02 Å². The van der Waals surface area contributed by atoms with Crippen LogP contribution in [0, 0.1) is 3.57 Å². The minimum atomic E-state index is -0.239. The molecule has 0 amide bonds. The van der Waals surface area contributed by atoms with Crippen molar-refractivity contribution in [2.75, 3.05) is 0 Å². The van der Waals surface area contributed by atoms with Gasteiger partial charge in [-0.3, -0.25) is 0 Å². The Kier molecular flexibility index (Phi) is 3.63. The summed E-state index contributed by atoms with van der Waals surface area (Å²) in [6.45, 7) is 0. The summed E-state index contributed by atoms with van der Waals surface area (Å²) in [5.41, 5.74) is 0. The van der Waals surface area contributed by atoms with Crippen LogP contribution in [0.25, 0.3) is 0 Å². The first-order valence-corrected chi connectivity index (χ1v) is 5.26. The molecule has 0 bridgehead atoms. The van der Waals surface area contributed by atoms with Crippen molar-refractivity contribution in [3.05, 3.63) is 23.7 Å². The van der Waals surface area contributed by atoms with Crippen molar-refractivity contribution in [1.82, 2.24) is 0 Å². The van der Waals surface area contributed by atoms with Crippen LogP contribution in [0.4, 0.5) is 0 Å². The van der Waals surface area contributed by atoms with Crippen molar-refractivity contribution in [2.24, 2.45) is 0 Å². The molecule has 0 spiro atoms. The van der Waals surface area contributed by atoms with Gasteiger partial charge in [0.25, 0.3) is 0 Å². The molecule has 0 unspecified atom stereocenters. The van der Waals surface area contributed by atoms with Gasteiger partial charge in [-0.05, 0) is 22.6 Å². The van der Waals surface area contributed by atoms with Crippen molar-refractivity contribution in [3.8, 4) is 5.75 Å². The third-order valence-corrected chi connectivity index (χ3v) is 4.59. The summed E-state index contributed by atoms with van der Waals surface area (Å²) >= 11 is 24.6. The lowest BCUT2D eigenvalue weighted by molar-refractivity contribution is 0.475. The van der Waals surface area contributed by atoms with Gasteiger partial charge in [0.15, 0.2) is 5.75 Å². The van der Waals surface area contributed by atoms with Gasteiger partial charge in [-0.25, -0.2) is 0 Å². The fraction of sp³-hybridized carbons (Fsp3) is 0. The third kappa shape index (κ3) is 1.73. The molecule has 0 radical (unpaired) electrons. The summed E-state index contributed by atoms with van der Waals surface area (Å²) in [5, 5.41) is 9.75. The highest BCUT2D eigenvalue weighted by Gasteiger charge is 2.17. The van der Waals surface area contributed by atoms with E-state index in [9.17, 15) is 5.11 Å². The maximum Gasteiger partial charge on any atom is 0.155 e. The van der Waals surface area contributed by atoms with Gasteiger partial charge in [-0.1, -0.05) is 46.4 Å². The van der Waals surface area contributed by atoms with Crippen molar-refractivity contribution >= 4 is 69.0 Å². The van der Waals surface area contributed by atoms with E-state index in [1.54, 1.807) is 0 Å². The highest BCUT2D eigenvalue weighted by atomic mass is 127. The normalized spacial score (nSPS) is 10.4. The predicted molar refractivity (Wildman–Crippen MR) is 60.9 cm³/mol. The minimum Gasteiger partial charge on any atom is -0.505 e. The van der Waals surface area contributed by atoms with E-state index in [1.165, 1.54) is 0 Å². The molecule has 0 saturated heterocycles. The first kappa shape index (κ1) is 11.0.